The first-order valence-corrected chi connectivity index (χ1v) is 8.01. The van der Waals surface area contributed by atoms with E-state index in [-0.39, 0.29) is 18.1 Å². The van der Waals surface area contributed by atoms with Crippen molar-refractivity contribution in [2.75, 3.05) is 19.7 Å². The Morgan fingerprint density at radius 2 is 2.05 bits per heavy atom. The molecule has 0 aliphatic carbocycles. The molecule has 0 aromatic heterocycles. The lowest BCUT2D eigenvalue weighted by atomic mass is 9.89. The first-order valence-electron chi connectivity index (χ1n) is 8.01. The van der Waals surface area contributed by atoms with Crippen LogP contribution in [0.2, 0.25) is 0 Å². The number of carbonyl (C=O) groups is 1. The molecular formula is C16H32N2O2. The highest BCUT2D eigenvalue weighted by Gasteiger charge is 2.25. The largest absolute Gasteiger partial charge is 0.396 e. The number of amides is 2. The Labute approximate surface area is 123 Å². The Morgan fingerprint density at radius 1 is 1.35 bits per heavy atom. The molecule has 0 bridgehead atoms. The number of rotatable bonds is 5. The van der Waals surface area contributed by atoms with Crippen LogP contribution in [-0.4, -0.2) is 41.8 Å². The van der Waals surface area contributed by atoms with Gasteiger partial charge in [0.25, 0.3) is 0 Å². The molecule has 0 aromatic rings. The molecule has 1 fully saturated rings. The predicted octanol–water partition coefficient (Wildman–Crippen LogP) is 3.01. The molecule has 0 radical (unpaired) electrons. The summed E-state index contributed by atoms with van der Waals surface area (Å²) in [5.41, 5.74) is -0.0465. The van der Waals surface area contributed by atoms with Gasteiger partial charge in [-0.1, -0.05) is 27.2 Å². The SMILES string of the molecule is CC1CCCC(C)N(C(=O)NCCCC(C)(C)CO)C1. The maximum atomic E-state index is 12.3. The highest BCUT2D eigenvalue weighted by molar-refractivity contribution is 5.74. The maximum Gasteiger partial charge on any atom is 0.317 e. The number of carbonyl (C=O) groups excluding carboxylic acids is 1. The van der Waals surface area contributed by atoms with Gasteiger partial charge >= 0.3 is 6.03 Å². The topological polar surface area (TPSA) is 52.6 Å². The van der Waals surface area contributed by atoms with E-state index < -0.39 is 0 Å². The Balaban J connectivity index is 2.34. The van der Waals surface area contributed by atoms with Crippen molar-refractivity contribution in [3.05, 3.63) is 0 Å². The summed E-state index contributed by atoms with van der Waals surface area (Å²) in [6.07, 6.45) is 5.39. The third-order valence-electron chi connectivity index (χ3n) is 4.35. The lowest BCUT2D eigenvalue weighted by Gasteiger charge is -2.29. The summed E-state index contributed by atoms with van der Waals surface area (Å²) in [6, 6.07) is 0.418. The summed E-state index contributed by atoms with van der Waals surface area (Å²) in [5.74, 6) is 0.596. The number of hydrogen-bond acceptors (Lipinski definition) is 2. The van der Waals surface area contributed by atoms with Crippen LogP contribution in [0.3, 0.4) is 0 Å². The molecule has 0 spiro atoms. The Bertz CT molecular complexity index is 305. The summed E-state index contributed by atoms with van der Waals surface area (Å²) in [7, 11) is 0. The average molecular weight is 284 g/mol. The number of aliphatic hydroxyl groups is 1. The van der Waals surface area contributed by atoms with E-state index in [0.29, 0.717) is 18.5 Å². The van der Waals surface area contributed by atoms with Gasteiger partial charge in [-0.25, -0.2) is 4.79 Å². The van der Waals surface area contributed by atoms with Crippen molar-refractivity contribution in [3.8, 4) is 0 Å². The summed E-state index contributed by atoms with van der Waals surface area (Å²) in [6.45, 7) is 10.2. The second-order valence-corrected chi connectivity index (χ2v) is 7.20. The standard InChI is InChI=1S/C16H32N2O2/c1-13-7-5-8-14(2)18(11-13)15(20)17-10-6-9-16(3,4)12-19/h13-14,19H,5-12H2,1-4H3,(H,17,20). The van der Waals surface area contributed by atoms with Crippen molar-refractivity contribution in [1.29, 1.82) is 0 Å². The van der Waals surface area contributed by atoms with E-state index in [4.69, 9.17) is 0 Å². The van der Waals surface area contributed by atoms with E-state index >= 15 is 0 Å². The van der Waals surface area contributed by atoms with Crippen molar-refractivity contribution in [2.24, 2.45) is 11.3 Å². The number of urea groups is 1. The molecule has 4 heteroatoms. The summed E-state index contributed by atoms with van der Waals surface area (Å²) < 4.78 is 0. The first kappa shape index (κ1) is 17.3. The zero-order valence-corrected chi connectivity index (χ0v) is 13.6. The van der Waals surface area contributed by atoms with Gasteiger partial charge in [-0.3, -0.25) is 0 Å². The molecule has 1 heterocycles. The molecule has 1 saturated heterocycles. The van der Waals surface area contributed by atoms with Gasteiger partial charge in [-0.05, 0) is 43.9 Å². The van der Waals surface area contributed by atoms with Gasteiger partial charge in [0.1, 0.15) is 0 Å². The van der Waals surface area contributed by atoms with Gasteiger partial charge in [0.2, 0.25) is 0 Å². The molecule has 4 nitrogen and oxygen atoms in total. The molecule has 0 saturated carbocycles. The van der Waals surface area contributed by atoms with Crippen LogP contribution in [0.1, 0.15) is 59.8 Å². The zero-order valence-electron chi connectivity index (χ0n) is 13.6. The summed E-state index contributed by atoms with van der Waals surface area (Å²) in [4.78, 5) is 14.3. The van der Waals surface area contributed by atoms with Crippen LogP contribution in [0, 0.1) is 11.3 Å². The number of hydrogen-bond donors (Lipinski definition) is 2. The average Bonchev–Trinajstić information content (AvgIpc) is 2.56. The minimum Gasteiger partial charge on any atom is -0.396 e. The molecule has 2 unspecified atom stereocenters. The van der Waals surface area contributed by atoms with E-state index in [1.165, 1.54) is 12.8 Å². The van der Waals surface area contributed by atoms with Crippen LogP contribution < -0.4 is 5.32 Å². The normalized spacial score (nSPS) is 24.4. The van der Waals surface area contributed by atoms with Crippen molar-refractivity contribution in [3.63, 3.8) is 0 Å². The van der Waals surface area contributed by atoms with Crippen molar-refractivity contribution < 1.29 is 9.90 Å². The molecule has 2 atom stereocenters. The second-order valence-electron chi connectivity index (χ2n) is 7.20. The third-order valence-corrected chi connectivity index (χ3v) is 4.35. The van der Waals surface area contributed by atoms with Gasteiger partial charge in [0.15, 0.2) is 0 Å². The van der Waals surface area contributed by atoms with Crippen molar-refractivity contribution in [1.82, 2.24) is 10.2 Å². The minimum absolute atomic E-state index is 0.0465. The van der Waals surface area contributed by atoms with Gasteiger partial charge in [-0.15, -0.1) is 0 Å². The van der Waals surface area contributed by atoms with Crippen LogP contribution in [0.25, 0.3) is 0 Å². The summed E-state index contributed by atoms with van der Waals surface area (Å²) >= 11 is 0. The molecule has 118 valence electrons. The smallest absolute Gasteiger partial charge is 0.317 e. The van der Waals surface area contributed by atoms with Crippen LogP contribution in [0.5, 0.6) is 0 Å². The van der Waals surface area contributed by atoms with Gasteiger partial charge in [0, 0.05) is 25.7 Å². The monoisotopic (exact) mass is 284 g/mol. The predicted molar refractivity (Wildman–Crippen MR) is 82.7 cm³/mol. The fourth-order valence-electron chi connectivity index (χ4n) is 2.75. The van der Waals surface area contributed by atoms with Gasteiger partial charge in [-0.2, -0.15) is 0 Å². The lowest BCUT2D eigenvalue weighted by molar-refractivity contribution is 0.146. The molecule has 1 rings (SSSR count). The van der Waals surface area contributed by atoms with Crippen LogP contribution >= 0.6 is 0 Å². The lowest BCUT2D eigenvalue weighted by Crippen LogP contribution is -2.46. The zero-order chi connectivity index (χ0) is 15.2. The van der Waals surface area contributed by atoms with E-state index in [0.717, 1.165) is 25.8 Å². The van der Waals surface area contributed by atoms with Gasteiger partial charge < -0.3 is 15.3 Å². The number of aliphatic hydroxyl groups excluding tert-OH is 1. The Kier molecular flexibility index (Phi) is 6.80. The molecule has 2 N–H and O–H groups in total. The summed E-state index contributed by atoms with van der Waals surface area (Å²) in [5, 5.41) is 12.2. The quantitative estimate of drug-likeness (QED) is 0.763. The number of nitrogens with one attached hydrogen (secondary N) is 1. The Morgan fingerprint density at radius 3 is 2.70 bits per heavy atom. The van der Waals surface area contributed by atoms with E-state index in [9.17, 15) is 9.90 Å². The van der Waals surface area contributed by atoms with Crippen LogP contribution in [0.15, 0.2) is 0 Å². The van der Waals surface area contributed by atoms with Crippen molar-refractivity contribution >= 4 is 6.03 Å². The highest BCUT2D eigenvalue weighted by Crippen LogP contribution is 2.22. The number of likely N-dealkylation sites (tertiary alicyclic amines) is 1. The van der Waals surface area contributed by atoms with Gasteiger partial charge in [0.05, 0.1) is 0 Å². The fraction of sp³-hybridized carbons (Fsp3) is 0.938. The number of nitrogens with zero attached hydrogens (tertiary/aromatic N) is 1. The first-order chi connectivity index (χ1) is 9.35. The molecule has 2 amide bonds. The molecule has 20 heavy (non-hydrogen) atoms. The van der Waals surface area contributed by atoms with E-state index in [1.54, 1.807) is 0 Å². The van der Waals surface area contributed by atoms with E-state index in [2.05, 4.69) is 19.2 Å². The second kappa shape index (κ2) is 7.87. The van der Waals surface area contributed by atoms with Crippen LogP contribution in [-0.2, 0) is 0 Å². The minimum atomic E-state index is -0.0465. The molecule has 1 aliphatic heterocycles. The van der Waals surface area contributed by atoms with Crippen LogP contribution in [0.4, 0.5) is 4.79 Å². The Hall–Kier alpha value is -0.770. The maximum absolute atomic E-state index is 12.3. The molecule has 0 aromatic carbocycles. The molecular weight excluding hydrogens is 252 g/mol. The highest BCUT2D eigenvalue weighted by atomic mass is 16.3. The molecule has 1 aliphatic rings. The van der Waals surface area contributed by atoms with E-state index in [1.807, 2.05) is 18.7 Å². The van der Waals surface area contributed by atoms with Crippen molar-refractivity contribution in [2.45, 2.75) is 65.8 Å². The third kappa shape index (κ3) is 5.70. The fourth-order valence-corrected chi connectivity index (χ4v) is 2.75.